The quantitative estimate of drug-likeness (QED) is 0.0324. The summed E-state index contributed by atoms with van der Waals surface area (Å²) in [5, 5.41) is 51.6. The molecule has 3 N–H and O–H groups in total. The molecule has 3 saturated heterocycles. The van der Waals surface area contributed by atoms with Crippen molar-refractivity contribution < 1.29 is 162 Å². The van der Waals surface area contributed by atoms with Gasteiger partial charge in [0.05, 0.1) is 72.4 Å². The zero-order valence-electron chi connectivity index (χ0n) is 82.5. The molecule has 28 heteroatoms. The van der Waals surface area contributed by atoms with Gasteiger partial charge in [-0.25, -0.2) is 9.59 Å². The van der Waals surface area contributed by atoms with Crippen LogP contribution in [0.4, 0.5) is 0 Å². The van der Waals surface area contributed by atoms with Gasteiger partial charge in [-0.1, -0.05) is 222 Å². The van der Waals surface area contributed by atoms with Crippen LogP contribution in [0.1, 0.15) is 295 Å². The van der Waals surface area contributed by atoms with Crippen molar-refractivity contribution in [3.8, 4) is 0 Å². The molecule has 0 aromatic heterocycles. The third kappa shape index (κ3) is 26.9. The SMILES string of the molecule is C.C.C.C.C1CCOC1.CC.CC[Si](CC)(CC)OC.CC[Si](CC)(CC)O[C@H]1C[C@H]2OC[C@@]2(OC(C)=O)[C@H]2[C@H](OC(=O)c3ccccc3)[C@]3(O)C[C@H](O)C(C)=C([C@@H](C)C(=O)[C@]12C)C3(C)C.CC[Si](CC)(CC)O[C@H]1C[C@H]2OC[C@@]2(OC(C)=O)[C@H]2[C@H](OC(=O)c3ccccc3)[C@]3(O)C[C@H]([O-])C(C)=C([C@@H](C)C(=O)[C@]12C)C3(C)C.COC(C)=O.[CH2-]CCC.[CH2-]CCC.[Li+].[Li+].[Li+]. The fourth-order valence-electron chi connectivity index (χ4n) is 20.9. The monoisotopic (exact) mass is 1830 g/mol. The van der Waals surface area contributed by atoms with E-state index in [2.05, 4.69) is 94.7 Å². The van der Waals surface area contributed by atoms with E-state index < -0.39 is 165 Å². The van der Waals surface area contributed by atoms with Crippen molar-refractivity contribution in [2.45, 2.75) is 400 Å². The van der Waals surface area contributed by atoms with E-state index in [-0.39, 0.29) is 141 Å². The molecule has 0 radical (unpaired) electrons. The molecule has 7 fully saturated rings. The number of ketones is 2. The van der Waals surface area contributed by atoms with Gasteiger partial charge >= 0.3 is 86.4 Å². The van der Waals surface area contributed by atoms with E-state index in [1.807, 2.05) is 83.3 Å². The van der Waals surface area contributed by atoms with Crippen molar-refractivity contribution in [3.05, 3.63) is 108 Å². The number of ether oxygens (including phenoxy) is 8. The van der Waals surface area contributed by atoms with E-state index in [1.165, 1.54) is 71.7 Å². The summed E-state index contributed by atoms with van der Waals surface area (Å²) < 4.78 is 66.7. The fraction of sp³-hybridized carbons (Fsp3) is 0.750. The minimum atomic E-state index is -2.35. The maximum Gasteiger partial charge on any atom is 1.00 e. The number of methoxy groups -OCH3 is 1. The van der Waals surface area contributed by atoms with Crippen molar-refractivity contribution in [1.82, 2.24) is 0 Å². The molecule has 3 aliphatic heterocycles. The summed E-state index contributed by atoms with van der Waals surface area (Å²) in [4.78, 5) is 94.1. The molecule has 4 bridgehead atoms. The molecule has 0 amide bonds. The van der Waals surface area contributed by atoms with E-state index in [9.17, 15) is 44.4 Å². The number of carbonyl (C=O) groups is 7. The molecular formula is C100H175Li3O22Si3. The molecule has 2 aromatic carbocycles. The van der Waals surface area contributed by atoms with Gasteiger partial charge in [-0.05, 0) is 137 Å². The minimum absolute atomic E-state index is 0. The summed E-state index contributed by atoms with van der Waals surface area (Å²) in [6, 6.07) is 25.8. The molecule has 4 saturated carbocycles. The number of esters is 5. The molecule has 6 aliphatic carbocycles. The van der Waals surface area contributed by atoms with Crippen LogP contribution in [0.5, 0.6) is 0 Å². The van der Waals surface area contributed by atoms with Crippen LogP contribution in [0.3, 0.4) is 0 Å². The van der Waals surface area contributed by atoms with Gasteiger partial charge in [-0.15, -0.1) is 6.10 Å². The first kappa shape index (κ1) is 131. The third-order valence-corrected chi connectivity index (χ3v) is 43.3. The summed E-state index contributed by atoms with van der Waals surface area (Å²) in [6.45, 7) is 59.1. The summed E-state index contributed by atoms with van der Waals surface area (Å²) >= 11 is 0. The van der Waals surface area contributed by atoms with Gasteiger partial charge in [-0.2, -0.15) is 12.8 Å². The van der Waals surface area contributed by atoms with E-state index in [0.717, 1.165) is 62.3 Å². The Morgan fingerprint density at radius 3 is 1.04 bits per heavy atom. The Kier molecular flexibility index (Phi) is 57.7. The predicted octanol–water partition coefficient (Wildman–Crippen LogP) is 11.6. The Morgan fingerprint density at radius 2 is 0.805 bits per heavy atom. The normalized spacial score (nSPS) is 30.2. The van der Waals surface area contributed by atoms with E-state index >= 15 is 9.59 Å². The smallest absolute Gasteiger partial charge is 0.849 e. The van der Waals surface area contributed by atoms with Crippen molar-refractivity contribution in [2.24, 2.45) is 45.3 Å². The Balaban J connectivity index is -0.000000878. The number of hydrogen-bond donors (Lipinski definition) is 3. The van der Waals surface area contributed by atoms with Crippen LogP contribution < -0.4 is 61.7 Å². The van der Waals surface area contributed by atoms with Crippen molar-refractivity contribution in [1.29, 1.82) is 0 Å². The van der Waals surface area contributed by atoms with E-state index in [0.29, 0.717) is 35.1 Å². The minimum Gasteiger partial charge on any atom is -0.849 e. The Morgan fingerprint density at radius 1 is 0.508 bits per heavy atom. The van der Waals surface area contributed by atoms with Crippen LogP contribution in [-0.2, 0) is 75.1 Å². The number of fused-ring (bicyclic) bond motifs is 10. The van der Waals surface area contributed by atoms with Crippen molar-refractivity contribution in [2.75, 3.05) is 40.6 Å². The van der Waals surface area contributed by atoms with Gasteiger partial charge < -0.3 is 85.4 Å². The van der Waals surface area contributed by atoms with Crippen LogP contribution in [-0.4, -0.2) is 194 Å². The molecule has 722 valence electrons. The maximum absolute atomic E-state index is 15.4. The van der Waals surface area contributed by atoms with Crippen LogP contribution in [0.2, 0.25) is 54.4 Å². The molecule has 0 unspecified atom stereocenters. The molecule has 0 spiro atoms. The first-order valence-electron chi connectivity index (χ1n) is 45.4. The molecule has 22 nitrogen and oxygen atoms in total. The van der Waals surface area contributed by atoms with Gasteiger partial charge in [-0.3, -0.25) is 24.0 Å². The first-order valence-corrected chi connectivity index (χ1v) is 53.0. The van der Waals surface area contributed by atoms with Crippen LogP contribution >= 0.6 is 0 Å². The number of aliphatic hydroxyl groups is 3. The Bertz CT molecular complexity index is 3480. The standard InChI is InChI=1S/C36H52O9Si.C36H51O9Si.C7H18OSi.C4H8O.2C4H9.C3H6O2.C2H6.4CH4.3Li/c2*1-10-46(11-2,12-3)45-26-18-27-35(20-42-27,44-23(6)37)29-31(43-32(40)24-16-14-13-15-17-24)36(41)19-25(38)21(4)28(33(36,7)8)22(5)30(39)34(26,29)9;1-5-9(6-2,7-3)8-4;1-2-4-5-3-1;2*1-3-4-2;1-3(4)5-2;1-2;;;;;;;/h13-17,22,25-27,29,31,38,41H,10-12,18-20H2,1-9H3;13-17,22,25-27,29,31,41H,10-12,18-20H2,1-9H3;5-7H2,1-4H3;1-4H2;2*1,3-4H2,2H3;1-2H3;1-2H3;4*1H4;;;/q;-1;;;2*-1;;;;;;;3*+1/t2*22-,25+,26+,27-,29+,31+,34-,35+,36-;;;;;;;;;;;;;/m11............./s1. The third-order valence-electron chi connectivity index (χ3n) is 29.2. The number of unbranched alkanes of at least 4 members (excludes halogenated alkanes) is 2. The summed E-state index contributed by atoms with van der Waals surface area (Å²) in [7, 11) is -2.66. The number of hydrogen-bond acceptors (Lipinski definition) is 22. The summed E-state index contributed by atoms with van der Waals surface area (Å²) in [6.07, 6.45) is -0.502. The number of carbonyl (C=O) groups excluding carboxylic acids is 7. The van der Waals surface area contributed by atoms with Crippen LogP contribution in [0.15, 0.2) is 83.0 Å². The van der Waals surface area contributed by atoms with Gasteiger partial charge in [0.1, 0.15) is 47.2 Å². The van der Waals surface area contributed by atoms with Gasteiger partial charge in [0, 0.05) is 83.0 Å². The number of rotatable bonds is 22. The average molecular weight is 1830 g/mol. The zero-order chi connectivity index (χ0) is 92.0. The topological polar surface area (TPSA) is 305 Å². The van der Waals surface area contributed by atoms with E-state index in [1.54, 1.807) is 67.6 Å². The van der Waals surface area contributed by atoms with Crippen molar-refractivity contribution >= 4 is 66.4 Å². The second-order valence-corrected chi connectivity index (χ2v) is 50.2. The largest absolute Gasteiger partial charge is 1.00 e. The molecular weight excluding hydrogens is 1660 g/mol. The second-order valence-electron chi connectivity index (χ2n) is 35.8. The van der Waals surface area contributed by atoms with Gasteiger partial charge in [0.25, 0.3) is 0 Å². The van der Waals surface area contributed by atoms with E-state index in [4.69, 9.17) is 46.4 Å². The Labute approximate surface area is 815 Å². The second kappa shape index (κ2) is 56.4. The fourth-order valence-corrected chi connectivity index (χ4v) is 29.2. The van der Waals surface area contributed by atoms with Crippen molar-refractivity contribution in [3.63, 3.8) is 0 Å². The Hall–Kier alpha value is -3.35. The number of aliphatic hydroxyl groups excluding tert-OH is 1. The van der Waals surface area contributed by atoms with Gasteiger partial charge in [0.15, 0.2) is 36.2 Å². The predicted molar refractivity (Wildman–Crippen MR) is 507 cm³/mol. The number of Topliss-reactive ketones (excluding diaryl/α,β-unsaturated/α-hetero) is 2. The molecule has 3 heterocycles. The molecule has 128 heavy (non-hydrogen) atoms. The van der Waals surface area contributed by atoms with Gasteiger partial charge in [0.2, 0.25) is 0 Å². The molecule has 11 rings (SSSR count). The van der Waals surface area contributed by atoms with Crippen LogP contribution in [0.25, 0.3) is 0 Å². The molecule has 2 aromatic rings. The summed E-state index contributed by atoms with van der Waals surface area (Å²) in [5.74, 6) is -6.67. The number of benzene rings is 2. The molecule has 9 aliphatic rings. The molecule has 18 atom stereocenters. The zero-order valence-corrected chi connectivity index (χ0v) is 85.5. The maximum atomic E-state index is 15.4. The van der Waals surface area contributed by atoms with Crippen LogP contribution in [0, 0.1) is 59.2 Å². The average Bonchev–Trinajstić information content (AvgIpc) is 0.784. The summed E-state index contributed by atoms with van der Waals surface area (Å²) in [5.41, 5.74) is -8.69. The first-order chi connectivity index (χ1) is 56.8.